The molecule has 7 rings (SSSR count). The smallest absolute Gasteiger partial charge is 0.255 e. The molecule has 1 N–H and O–H groups in total. The van der Waals surface area contributed by atoms with Crippen molar-refractivity contribution in [1.82, 2.24) is 0 Å². The number of halogens is 1. The highest BCUT2D eigenvalue weighted by atomic mass is 35.5. The highest BCUT2D eigenvalue weighted by Crippen LogP contribution is 2.65. The van der Waals surface area contributed by atoms with Crippen molar-refractivity contribution in [2.24, 2.45) is 35.5 Å². The van der Waals surface area contributed by atoms with Crippen molar-refractivity contribution in [3.8, 4) is 0 Å². The van der Waals surface area contributed by atoms with E-state index in [2.05, 4.69) is 17.5 Å². The maximum atomic E-state index is 13.2. The number of carbonyl (C=O) groups is 3. The number of benzene rings is 2. The van der Waals surface area contributed by atoms with Gasteiger partial charge in [-0.1, -0.05) is 23.8 Å². The van der Waals surface area contributed by atoms with Crippen LogP contribution in [0.2, 0.25) is 5.02 Å². The van der Waals surface area contributed by atoms with Gasteiger partial charge in [0.15, 0.2) is 0 Å². The van der Waals surface area contributed by atoms with Crippen LogP contribution in [0.25, 0.3) is 0 Å². The van der Waals surface area contributed by atoms with Gasteiger partial charge >= 0.3 is 0 Å². The van der Waals surface area contributed by atoms with Gasteiger partial charge in [0.05, 0.1) is 17.5 Å². The summed E-state index contributed by atoms with van der Waals surface area (Å²) in [6.45, 7) is 0. The van der Waals surface area contributed by atoms with E-state index in [4.69, 9.17) is 11.6 Å². The van der Waals surface area contributed by atoms with E-state index in [1.54, 1.807) is 48.5 Å². The molecule has 4 aliphatic carbocycles. The van der Waals surface area contributed by atoms with Gasteiger partial charge in [0.25, 0.3) is 5.91 Å². The Bertz CT molecular complexity index is 1070. The second-order valence-corrected chi connectivity index (χ2v) is 9.11. The van der Waals surface area contributed by atoms with Crippen molar-refractivity contribution in [1.29, 1.82) is 0 Å². The summed E-state index contributed by atoms with van der Waals surface area (Å²) in [7, 11) is 0. The third kappa shape index (κ3) is 2.51. The van der Waals surface area contributed by atoms with Crippen LogP contribution >= 0.6 is 11.6 Å². The Morgan fingerprint density at radius 1 is 0.867 bits per heavy atom. The first kappa shape index (κ1) is 17.9. The fourth-order valence-corrected chi connectivity index (χ4v) is 5.84. The molecule has 5 nitrogen and oxygen atoms in total. The molecule has 1 aliphatic heterocycles. The third-order valence-corrected chi connectivity index (χ3v) is 7.40. The number of allylic oxidation sites excluding steroid dienone is 2. The van der Waals surface area contributed by atoms with Gasteiger partial charge in [0.2, 0.25) is 11.8 Å². The maximum absolute atomic E-state index is 13.2. The highest BCUT2D eigenvalue weighted by Gasteiger charge is 2.67. The van der Waals surface area contributed by atoms with Crippen LogP contribution in [0.5, 0.6) is 0 Å². The lowest BCUT2D eigenvalue weighted by atomic mass is 9.63. The average Bonchev–Trinajstić information content (AvgIpc) is 3.53. The molecule has 0 aromatic heterocycles. The van der Waals surface area contributed by atoms with Crippen molar-refractivity contribution in [2.75, 3.05) is 10.2 Å². The normalized spacial score (nSPS) is 32.8. The zero-order chi connectivity index (χ0) is 20.6. The Morgan fingerprint density at radius 3 is 2.00 bits per heavy atom. The number of hydrogen-bond donors (Lipinski definition) is 1. The van der Waals surface area contributed by atoms with Gasteiger partial charge in [-0.05, 0) is 78.6 Å². The Kier molecular flexibility index (Phi) is 3.75. The molecule has 0 unspecified atom stereocenters. The van der Waals surface area contributed by atoms with Crippen molar-refractivity contribution in [3.05, 3.63) is 71.3 Å². The molecule has 3 amide bonds. The lowest BCUT2D eigenvalue weighted by molar-refractivity contribution is -0.124. The topological polar surface area (TPSA) is 66.5 Å². The van der Waals surface area contributed by atoms with Gasteiger partial charge in [0.1, 0.15) is 0 Å². The monoisotopic (exact) mass is 418 g/mol. The van der Waals surface area contributed by atoms with Crippen LogP contribution in [0.15, 0.2) is 60.7 Å². The van der Waals surface area contributed by atoms with E-state index in [1.807, 2.05) is 0 Å². The highest BCUT2D eigenvalue weighted by molar-refractivity contribution is 6.30. The molecule has 1 heterocycles. The van der Waals surface area contributed by atoms with E-state index >= 15 is 0 Å². The van der Waals surface area contributed by atoms with Crippen molar-refractivity contribution in [3.63, 3.8) is 0 Å². The molecular weight excluding hydrogens is 400 g/mol. The summed E-state index contributed by atoms with van der Waals surface area (Å²) in [6.07, 6.45) is 5.48. The average molecular weight is 419 g/mol. The fraction of sp³-hybridized carbons (Fsp3) is 0.292. The molecule has 2 aromatic rings. The van der Waals surface area contributed by atoms with Gasteiger partial charge in [-0.3, -0.25) is 19.3 Å². The van der Waals surface area contributed by atoms with Crippen molar-refractivity contribution in [2.45, 2.75) is 6.42 Å². The number of nitrogens with zero attached hydrogens (tertiary/aromatic N) is 1. The number of hydrogen-bond acceptors (Lipinski definition) is 3. The number of anilines is 2. The maximum Gasteiger partial charge on any atom is 0.255 e. The molecule has 0 spiro atoms. The summed E-state index contributed by atoms with van der Waals surface area (Å²) in [5.74, 6) is 0.689. The van der Waals surface area contributed by atoms with E-state index in [-0.39, 0.29) is 41.4 Å². The number of rotatable bonds is 3. The minimum absolute atomic E-state index is 0.0898. The molecule has 2 aromatic carbocycles. The molecule has 3 fully saturated rings. The molecule has 6 atom stereocenters. The second kappa shape index (κ2) is 6.29. The lowest BCUT2D eigenvalue weighted by Crippen LogP contribution is -2.40. The summed E-state index contributed by atoms with van der Waals surface area (Å²) in [4.78, 5) is 40.2. The van der Waals surface area contributed by atoms with Crippen LogP contribution in [0.3, 0.4) is 0 Å². The van der Waals surface area contributed by atoms with Crippen LogP contribution in [0.4, 0.5) is 11.4 Å². The Balaban J connectivity index is 1.23. The summed E-state index contributed by atoms with van der Waals surface area (Å²) < 4.78 is 0. The molecule has 2 bridgehead atoms. The van der Waals surface area contributed by atoms with Gasteiger partial charge in [-0.15, -0.1) is 0 Å². The van der Waals surface area contributed by atoms with Gasteiger partial charge in [0, 0.05) is 16.3 Å². The second-order valence-electron chi connectivity index (χ2n) is 8.67. The minimum Gasteiger partial charge on any atom is -0.322 e. The third-order valence-electron chi connectivity index (χ3n) is 7.15. The Labute approximate surface area is 178 Å². The zero-order valence-electron chi connectivity index (χ0n) is 16.0. The summed E-state index contributed by atoms with van der Waals surface area (Å²) in [6, 6.07) is 13.5. The number of imide groups is 1. The predicted octanol–water partition coefficient (Wildman–Crippen LogP) is 4.15. The Morgan fingerprint density at radius 2 is 1.43 bits per heavy atom. The van der Waals surface area contributed by atoms with Crippen LogP contribution in [-0.2, 0) is 9.59 Å². The van der Waals surface area contributed by atoms with E-state index in [1.165, 1.54) is 4.90 Å². The van der Waals surface area contributed by atoms with Crippen LogP contribution in [0.1, 0.15) is 16.8 Å². The van der Waals surface area contributed by atoms with Gasteiger partial charge in [-0.2, -0.15) is 0 Å². The molecule has 5 aliphatic rings. The number of carbonyl (C=O) groups excluding carboxylic acids is 3. The van der Waals surface area contributed by atoms with Crippen LogP contribution in [0, 0.1) is 35.5 Å². The van der Waals surface area contributed by atoms with Crippen LogP contribution in [-0.4, -0.2) is 17.7 Å². The quantitative estimate of drug-likeness (QED) is 0.601. The van der Waals surface area contributed by atoms with E-state index in [0.717, 1.165) is 6.42 Å². The first-order chi connectivity index (χ1) is 14.5. The Hall–Kier alpha value is -2.92. The largest absolute Gasteiger partial charge is 0.322 e. The summed E-state index contributed by atoms with van der Waals surface area (Å²) >= 11 is 5.87. The number of amides is 3. The molecule has 6 heteroatoms. The molecule has 2 saturated carbocycles. The fourth-order valence-electron chi connectivity index (χ4n) is 5.71. The van der Waals surface area contributed by atoms with E-state index in [9.17, 15) is 14.4 Å². The van der Waals surface area contributed by atoms with Crippen LogP contribution < -0.4 is 10.2 Å². The van der Waals surface area contributed by atoms with Gasteiger partial charge in [-0.25, -0.2) is 0 Å². The van der Waals surface area contributed by atoms with E-state index in [0.29, 0.717) is 33.8 Å². The first-order valence-corrected chi connectivity index (χ1v) is 10.6. The predicted molar refractivity (Wildman–Crippen MR) is 113 cm³/mol. The standard InChI is InChI=1S/C24H19ClN2O3/c25-13-3-5-14(6-4-13)26-22(28)12-1-7-15(8-2-12)27-23(29)20-16-9-10-17(19-11-18(16)19)21(20)24(27)30/h1-10,16-21H,11H2,(H,26,28)/t16-,17+,18-,19-,20+,21-/m1/s1. The lowest BCUT2D eigenvalue weighted by Gasteiger charge is -2.37. The summed E-state index contributed by atoms with van der Waals surface area (Å²) in [5.41, 5.74) is 1.63. The van der Waals surface area contributed by atoms with Gasteiger partial charge < -0.3 is 5.32 Å². The molecule has 0 radical (unpaired) electrons. The number of nitrogens with one attached hydrogen (secondary N) is 1. The molecule has 150 valence electrons. The summed E-state index contributed by atoms with van der Waals surface area (Å²) in [5, 5.41) is 3.40. The minimum atomic E-state index is -0.265. The molecule has 30 heavy (non-hydrogen) atoms. The molecular formula is C24H19ClN2O3. The van der Waals surface area contributed by atoms with Crippen molar-refractivity contribution < 1.29 is 14.4 Å². The first-order valence-electron chi connectivity index (χ1n) is 10.3. The molecule has 1 saturated heterocycles. The SMILES string of the molecule is O=C(Nc1ccc(Cl)cc1)c1ccc(N2C(=O)[C@@H]3[C@H]4C=C[C@H]([C@H]5C[C@H]45)[C@@H]3C2=O)cc1. The van der Waals surface area contributed by atoms with E-state index < -0.39 is 0 Å². The van der Waals surface area contributed by atoms with Crippen molar-refractivity contribution >= 4 is 40.7 Å². The zero-order valence-corrected chi connectivity index (χ0v) is 16.8.